The van der Waals surface area contributed by atoms with Gasteiger partial charge in [0.1, 0.15) is 11.4 Å². The van der Waals surface area contributed by atoms with Crippen molar-refractivity contribution < 1.29 is 27.6 Å². The van der Waals surface area contributed by atoms with Crippen LogP contribution >= 0.6 is 0 Å². The average molecular weight is 488 g/mol. The molecule has 2 amide bonds. The van der Waals surface area contributed by atoms with Crippen LogP contribution in [0.25, 0.3) is 0 Å². The van der Waals surface area contributed by atoms with E-state index in [-0.39, 0.29) is 34.5 Å². The summed E-state index contributed by atoms with van der Waals surface area (Å²) in [6, 6.07) is 1.06. The predicted octanol–water partition coefficient (Wildman–Crippen LogP) is 2.23. The lowest BCUT2D eigenvalue weighted by molar-refractivity contribution is -0.117. The maximum Gasteiger partial charge on any atom is 0.293 e. The third kappa shape index (κ3) is 3.55. The molecular weight excluding hydrogens is 465 g/mol. The van der Waals surface area contributed by atoms with Crippen LogP contribution in [-0.4, -0.2) is 32.7 Å². The molecule has 5 rings (SSSR count). The molecule has 2 atom stereocenters. The molecule has 2 aromatic rings. The maximum atomic E-state index is 14.5. The normalized spacial score (nSPS) is 21.3. The number of pyridine rings is 1. The molecular formula is C23H23F3N6O3. The summed E-state index contributed by atoms with van der Waals surface area (Å²) < 4.78 is 42.2. The third-order valence-electron chi connectivity index (χ3n) is 7.08. The highest BCUT2D eigenvalue weighted by molar-refractivity contribution is 6.44. The van der Waals surface area contributed by atoms with Crippen LogP contribution in [0.3, 0.4) is 0 Å². The van der Waals surface area contributed by atoms with Crippen molar-refractivity contribution in [1.82, 2.24) is 14.9 Å². The first kappa shape index (κ1) is 22.9. The Morgan fingerprint density at radius 1 is 1.31 bits per heavy atom. The second-order valence-corrected chi connectivity index (χ2v) is 9.23. The number of amides is 2. The van der Waals surface area contributed by atoms with E-state index in [0.29, 0.717) is 25.0 Å². The van der Waals surface area contributed by atoms with E-state index in [2.05, 4.69) is 15.6 Å². The molecule has 2 unspecified atom stereocenters. The van der Waals surface area contributed by atoms with Crippen LogP contribution in [0.1, 0.15) is 69.5 Å². The number of carbonyl (C=O) groups excluding carboxylic acids is 3. The van der Waals surface area contributed by atoms with Gasteiger partial charge in [0.05, 0.1) is 16.8 Å². The Bertz CT molecular complexity index is 1310. The van der Waals surface area contributed by atoms with Crippen LogP contribution < -0.4 is 22.1 Å². The topological polar surface area (TPSA) is 145 Å². The quantitative estimate of drug-likeness (QED) is 0.347. The Kier molecular flexibility index (Phi) is 5.15. The summed E-state index contributed by atoms with van der Waals surface area (Å²) in [5.41, 5.74) is 10.3. The Hall–Kier alpha value is -3.83. The van der Waals surface area contributed by atoms with E-state index in [4.69, 9.17) is 11.5 Å². The van der Waals surface area contributed by atoms with Crippen LogP contribution in [-0.2, 0) is 11.2 Å². The first-order chi connectivity index (χ1) is 16.6. The molecule has 12 heteroatoms. The van der Waals surface area contributed by atoms with Crippen LogP contribution in [0.2, 0.25) is 0 Å². The van der Waals surface area contributed by atoms with Crippen molar-refractivity contribution >= 4 is 23.3 Å². The Labute approximate surface area is 197 Å². The summed E-state index contributed by atoms with van der Waals surface area (Å²) in [5, 5.41) is 4.99. The number of nitrogens with one attached hydrogen (secondary N) is 2. The number of rotatable bonds is 7. The number of carbonyl (C=O) groups is 3. The molecule has 2 fully saturated rings. The van der Waals surface area contributed by atoms with Crippen LogP contribution in [0.15, 0.2) is 24.2 Å². The Balaban J connectivity index is 1.47. The summed E-state index contributed by atoms with van der Waals surface area (Å²) in [4.78, 5) is 42.6. The molecule has 0 spiro atoms. The van der Waals surface area contributed by atoms with Crippen LogP contribution in [0.4, 0.5) is 18.9 Å². The number of nitrogens with zero attached hydrogens (tertiary/aromatic N) is 2. The molecule has 184 valence electrons. The van der Waals surface area contributed by atoms with Crippen molar-refractivity contribution in [2.45, 2.75) is 50.6 Å². The van der Waals surface area contributed by atoms with Crippen molar-refractivity contribution in [2.24, 2.45) is 17.4 Å². The molecule has 35 heavy (non-hydrogen) atoms. The van der Waals surface area contributed by atoms with Gasteiger partial charge >= 0.3 is 0 Å². The zero-order chi connectivity index (χ0) is 25.2. The van der Waals surface area contributed by atoms with Crippen LogP contribution in [0.5, 0.6) is 0 Å². The third-order valence-corrected chi connectivity index (χ3v) is 7.08. The molecule has 0 aromatic carbocycles. The lowest BCUT2D eigenvalue weighted by Crippen LogP contribution is -2.44. The molecule has 2 aromatic heterocycles. The van der Waals surface area contributed by atoms with Crippen LogP contribution in [0, 0.1) is 18.7 Å². The van der Waals surface area contributed by atoms with Gasteiger partial charge in [-0.05, 0) is 50.2 Å². The molecule has 2 aliphatic carbocycles. The van der Waals surface area contributed by atoms with Gasteiger partial charge in [0.2, 0.25) is 0 Å². The lowest BCUT2D eigenvalue weighted by Gasteiger charge is -2.17. The first-order valence-corrected chi connectivity index (χ1v) is 11.1. The van der Waals surface area contributed by atoms with Gasteiger partial charge in [0.15, 0.2) is 5.82 Å². The minimum absolute atomic E-state index is 0.0152. The Morgan fingerprint density at radius 3 is 2.66 bits per heavy atom. The standard InChI is InChI=1S/C23H23F3N6O3/c1-9-15(19(33)22(35)31-23(3-4-23)14(28)8-27)13-7-10-6-12(10)32(13)18(9)21(34)30-11-2-5-29-17(16(11)24)20(25)26/h2,5,8,10,12,20H,3-4,6-7,27-28H2,1H3,(H,31,35)(H,29,30,34)/b14-8-. The largest absolute Gasteiger partial charge is 0.403 e. The SMILES string of the molecule is Cc1c(C(=O)C(=O)NC2(/C(N)=C/N)CC2)c2n(c1C(=O)Nc1ccnc(C(F)F)c1F)C1CC1C2. The minimum Gasteiger partial charge on any atom is -0.403 e. The van der Waals surface area contributed by atoms with Gasteiger partial charge in [-0.3, -0.25) is 19.4 Å². The van der Waals surface area contributed by atoms with Gasteiger partial charge in [-0.25, -0.2) is 13.2 Å². The van der Waals surface area contributed by atoms with E-state index in [1.807, 2.05) is 0 Å². The number of hydrogen-bond acceptors (Lipinski definition) is 6. The molecule has 0 bridgehead atoms. The number of alkyl halides is 2. The zero-order valence-electron chi connectivity index (χ0n) is 18.7. The van der Waals surface area contributed by atoms with Crippen molar-refractivity contribution in [3.05, 3.63) is 58.2 Å². The van der Waals surface area contributed by atoms with Gasteiger partial charge in [0, 0.05) is 29.8 Å². The monoisotopic (exact) mass is 488 g/mol. The molecule has 2 saturated carbocycles. The summed E-state index contributed by atoms with van der Waals surface area (Å²) in [7, 11) is 0. The second kappa shape index (κ2) is 7.85. The zero-order valence-corrected chi connectivity index (χ0v) is 18.7. The number of ketones is 1. The smallest absolute Gasteiger partial charge is 0.293 e. The molecule has 3 heterocycles. The van der Waals surface area contributed by atoms with E-state index in [9.17, 15) is 27.6 Å². The summed E-state index contributed by atoms with van der Waals surface area (Å²) in [5.74, 6) is -3.53. The van der Waals surface area contributed by atoms with Crippen molar-refractivity contribution in [1.29, 1.82) is 0 Å². The first-order valence-electron chi connectivity index (χ1n) is 11.1. The fraction of sp³-hybridized carbons (Fsp3) is 0.391. The highest BCUT2D eigenvalue weighted by Crippen LogP contribution is 2.54. The molecule has 9 nitrogen and oxygen atoms in total. The number of hydrogen-bond donors (Lipinski definition) is 4. The van der Waals surface area contributed by atoms with Gasteiger partial charge in [0.25, 0.3) is 24.0 Å². The van der Waals surface area contributed by atoms with E-state index >= 15 is 0 Å². The molecule has 3 aliphatic rings. The van der Waals surface area contributed by atoms with E-state index in [1.54, 1.807) is 4.57 Å². The van der Waals surface area contributed by atoms with Gasteiger partial charge in [-0.1, -0.05) is 0 Å². The Morgan fingerprint density at radius 2 is 2.03 bits per heavy atom. The lowest BCUT2D eigenvalue weighted by atomic mass is 10.0. The summed E-state index contributed by atoms with van der Waals surface area (Å²) in [6.45, 7) is 1.53. The number of aromatic nitrogens is 2. The fourth-order valence-electron chi connectivity index (χ4n) is 4.98. The van der Waals surface area contributed by atoms with E-state index in [0.717, 1.165) is 18.7 Å². The molecule has 6 N–H and O–H groups in total. The number of nitrogens with two attached hydrogens (primary N) is 2. The van der Waals surface area contributed by atoms with Crippen molar-refractivity contribution in [3.8, 4) is 0 Å². The molecule has 0 radical (unpaired) electrons. The van der Waals surface area contributed by atoms with Crippen molar-refractivity contribution in [2.75, 3.05) is 5.32 Å². The number of Topliss-reactive ketones (excluding diaryl/α,β-unsaturated/α-hetero) is 1. The summed E-state index contributed by atoms with van der Waals surface area (Å²) in [6.07, 6.45) is 1.43. The number of fused-ring (bicyclic) bond motifs is 3. The minimum atomic E-state index is -3.15. The maximum absolute atomic E-state index is 14.5. The summed E-state index contributed by atoms with van der Waals surface area (Å²) >= 11 is 0. The van der Waals surface area contributed by atoms with Gasteiger partial charge in [-0.2, -0.15) is 0 Å². The average Bonchev–Trinajstić information content (AvgIpc) is 3.71. The van der Waals surface area contributed by atoms with E-state index in [1.165, 1.54) is 13.1 Å². The number of halogens is 3. The number of anilines is 1. The molecule has 0 saturated heterocycles. The molecule has 1 aliphatic heterocycles. The van der Waals surface area contributed by atoms with E-state index < -0.39 is 46.8 Å². The van der Waals surface area contributed by atoms with Gasteiger partial charge < -0.3 is 26.7 Å². The predicted molar refractivity (Wildman–Crippen MR) is 118 cm³/mol. The van der Waals surface area contributed by atoms with Crippen molar-refractivity contribution in [3.63, 3.8) is 0 Å². The highest BCUT2D eigenvalue weighted by atomic mass is 19.3. The fourth-order valence-corrected chi connectivity index (χ4v) is 4.98. The second-order valence-electron chi connectivity index (χ2n) is 9.23. The highest BCUT2D eigenvalue weighted by Gasteiger charge is 2.51. The van der Waals surface area contributed by atoms with Gasteiger partial charge in [-0.15, -0.1) is 0 Å².